The van der Waals surface area contributed by atoms with Crippen LogP contribution in [0.4, 0.5) is 0 Å². The van der Waals surface area contributed by atoms with Crippen LogP contribution in [0.15, 0.2) is 146 Å². The Bertz CT molecular complexity index is 1680. The number of hydrogen-bond acceptors (Lipinski definition) is 6. The Morgan fingerprint density at radius 3 is 0.868 bits per heavy atom. The van der Waals surface area contributed by atoms with Crippen LogP contribution in [-0.2, 0) is 28.6 Å². The Hall–Kier alpha value is -4.71. The average molecular weight is 1050 g/mol. The van der Waals surface area contributed by atoms with Crippen molar-refractivity contribution in [2.24, 2.45) is 0 Å². The Morgan fingerprint density at radius 2 is 0.526 bits per heavy atom. The first kappa shape index (κ1) is 71.3. The number of hydrogen-bond donors (Lipinski definition) is 0. The van der Waals surface area contributed by atoms with Gasteiger partial charge in [0.25, 0.3) is 0 Å². The maximum Gasteiger partial charge on any atom is 0.306 e. The molecular formula is C70H112O6. The molecule has 0 aliphatic heterocycles. The van der Waals surface area contributed by atoms with Crippen molar-refractivity contribution in [2.45, 2.75) is 264 Å². The second kappa shape index (κ2) is 62.8. The lowest BCUT2D eigenvalue weighted by molar-refractivity contribution is -0.167. The Kier molecular flexibility index (Phi) is 58.9. The van der Waals surface area contributed by atoms with Crippen molar-refractivity contribution >= 4 is 17.9 Å². The molecule has 428 valence electrons. The van der Waals surface area contributed by atoms with Crippen LogP contribution >= 0.6 is 0 Å². The fourth-order valence-corrected chi connectivity index (χ4v) is 7.92. The summed E-state index contributed by atoms with van der Waals surface area (Å²) >= 11 is 0. The highest BCUT2D eigenvalue weighted by Gasteiger charge is 2.19. The summed E-state index contributed by atoms with van der Waals surface area (Å²) in [6, 6.07) is 0. The van der Waals surface area contributed by atoms with Gasteiger partial charge in [0, 0.05) is 19.3 Å². The van der Waals surface area contributed by atoms with E-state index < -0.39 is 6.10 Å². The van der Waals surface area contributed by atoms with Crippen LogP contribution in [0.5, 0.6) is 0 Å². The van der Waals surface area contributed by atoms with Gasteiger partial charge in [-0.25, -0.2) is 0 Å². The van der Waals surface area contributed by atoms with Crippen LogP contribution in [0.2, 0.25) is 0 Å². The number of esters is 3. The highest BCUT2D eigenvalue weighted by Crippen LogP contribution is 2.13. The van der Waals surface area contributed by atoms with Crippen LogP contribution in [-0.4, -0.2) is 37.2 Å². The molecule has 0 bridgehead atoms. The molecule has 0 saturated heterocycles. The van der Waals surface area contributed by atoms with E-state index in [1.165, 1.54) is 57.8 Å². The summed E-state index contributed by atoms with van der Waals surface area (Å²) in [5.41, 5.74) is 0. The summed E-state index contributed by atoms with van der Waals surface area (Å²) in [4.78, 5) is 38.2. The van der Waals surface area contributed by atoms with Gasteiger partial charge in [0.1, 0.15) is 13.2 Å². The van der Waals surface area contributed by atoms with Gasteiger partial charge in [0.15, 0.2) is 6.10 Å². The molecule has 0 aliphatic carbocycles. The van der Waals surface area contributed by atoms with Crippen LogP contribution in [0, 0.1) is 0 Å². The van der Waals surface area contributed by atoms with E-state index in [0.717, 1.165) is 161 Å². The van der Waals surface area contributed by atoms with Gasteiger partial charge in [-0.2, -0.15) is 0 Å². The quantitative estimate of drug-likeness (QED) is 0.0261. The van der Waals surface area contributed by atoms with Gasteiger partial charge in [-0.05, 0) is 141 Å². The third-order valence-corrected chi connectivity index (χ3v) is 12.5. The van der Waals surface area contributed by atoms with Gasteiger partial charge < -0.3 is 14.2 Å². The van der Waals surface area contributed by atoms with Crippen LogP contribution in [0.3, 0.4) is 0 Å². The number of ether oxygens (including phenoxy) is 3. The molecule has 0 spiro atoms. The zero-order chi connectivity index (χ0) is 55.0. The molecule has 0 fully saturated rings. The van der Waals surface area contributed by atoms with E-state index in [9.17, 15) is 14.4 Å². The summed E-state index contributed by atoms with van der Waals surface area (Å²) < 4.78 is 16.8. The molecule has 0 aromatic carbocycles. The van der Waals surface area contributed by atoms with Crippen molar-refractivity contribution in [1.29, 1.82) is 0 Å². The van der Waals surface area contributed by atoms with Gasteiger partial charge in [-0.3, -0.25) is 14.4 Å². The fourth-order valence-electron chi connectivity index (χ4n) is 7.92. The molecule has 6 nitrogen and oxygen atoms in total. The minimum atomic E-state index is -0.808. The van der Waals surface area contributed by atoms with Gasteiger partial charge in [0.05, 0.1) is 0 Å². The smallest absolute Gasteiger partial charge is 0.306 e. The van der Waals surface area contributed by atoms with Crippen molar-refractivity contribution in [3.8, 4) is 0 Å². The SMILES string of the molecule is CC/C=C\C/C=C\C/C=C\C/C=C\C/C=C\C/C=C\C/C=C\C/C=C\C/C=C\CCCCCC(=O)OCC(COC(=O)CCCCCCC/C=C\CCCCCC)OC(=O)CCCCCCC/C=C\C/C=C\CCCC. The van der Waals surface area contributed by atoms with E-state index in [1.807, 2.05) is 0 Å². The van der Waals surface area contributed by atoms with Crippen molar-refractivity contribution < 1.29 is 28.6 Å². The number of allylic oxidation sites excluding steroid dienone is 24. The van der Waals surface area contributed by atoms with Gasteiger partial charge in [-0.15, -0.1) is 0 Å². The van der Waals surface area contributed by atoms with Gasteiger partial charge >= 0.3 is 17.9 Å². The van der Waals surface area contributed by atoms with E-state index in [-0.39, 0.29) is 31.1 Å². The van der Waals surface area contributed by atoms with E-state index in [0.29, 0.717) is 19.3 Å². The van der Waals surface area contributed by atoms with Crippen LogP contribution in [0.1, 0.15) is 258 Å². The average Bonchev–Trinajstić information content (AvgIpc) is 3.42. The molecule has 1 atom stereocenters. The third kappa shape index (κ3) is 60.2. The van der Waals surface area contributed by atoms with Gasteiger partial charge in [-0.1, -0.05) is 244 Å². The molecule has 0 aliphatic rings. The van der Waals surface area contributed by atoms with Gasteiger partial charge in [0.2, 0.25) is 0 Å². The highest BCUT2D eigenvalue weighted by atomic mass is 16.6. The van der Waals surface area contributed by atoms with E-state index in [4.69, 9.17) is 14.2 Å². The third-order valence-electron chi connectivity index (χ3n) is 12.5. The largest absolute Gasteiger partial charge is 0.462 e. The summed E-state index contributed by atoms with van der Waals surface area (Å²) in [6.07, 6.45) is 89.9. The van der Waals surface area contributed by atoms with Crippen LogP contribution < -0.4 is 0 Å². The summed E-state index contributed by atoms with van der Waals surface area (Å²) in [5, 5.41) is 0. The molecule has 6 heteroatoms. The number of carbonyl (C=O) groups excluding carboxylic acids is 3. The number of carbonyl (C=O) groups is 3. The molecule has 76 heavy (non-hydrogen) atoms. The zero-order valence-corrected chi connectivity index (χ0v) is 49.0. The number of unbranched alkanes of at least 4 members (excludes halogenated alkanes) is 19. The standard InChI is InChI=1S/C70H112O6/c1-4-7-10-13-16-19-22-25-27-28-29-30-31-32-33-34-35-36-37-38-39-40-41-42-43-46-48-51-54-57-60-63-69(72)75-66-67(65-74-68(71)62-59-56-53-50-47-44-24-21-18-15-12-9-6-3)76-70(73)64-61-58-55-52-49-45-26-23-20-17-14-11-8-5-2/h7,10,14,16-17,19,21,23-27,29-30,32-33,35-36,38-39,41-42,46,48,67H,4-6,8-9,11-13,15,18,20,22,28,31,34,37,40,43-45,47,49-66H2,1-3H3/b10-7-,17-14-,19-16-,24-21-,26-23-,27-25-,30-29-,33-32-,36-35-,39-38-,42-41-,48-46-. The molecular weight excluding hydrogens is 937 g/mol. The molecule has 0 saturated carbocycles. The van der Waals surface area contributed by atoms with E-state index in [1.54, 1.807) is 0 Å². The highest BCUT2D eigenvalue weighted by molar-refractivity contribution is 5.71. The maximum atomic E-state index is 12.8. The molecule has 0 N–H and O–H groups in total. The maximum absolute atomic E-state index is 12.8. The van der Waals surface area contributed by atoms with Crippen molar-refractivity contribution in [1.82, 2.24) is 0 Å². The molecule has 0 rings (SSSR count). The number of rotatable bonds is 54. The molecule has 0 radical (unpaired) electrons. The minimum absolute atomic E-state index is 0.103. The first-order valence-corrected chi connectivity index (χ1v) is 30.8. The summed E-state index contributed by atoms with van der Waals surface area (Å²) in [5.74, 6) is -0.964. The fraction of sp³-hybridized carbons (Fsp3) is 0.614. The van der Waals surface area contributed by atoms with Crippen molar-refractivity contribution in [3.63, 3.8) is 0 Å². The van der Waals surface area contributed by atoms with Crippen molar-refractivity contribution in [3.05, 3.63) is 146 Å². The van der Waals surface area contributed by atoms with E-state index >= 15 is 0 Å². The minimum Gasteiger partial charge on any atom is -0.462 e. The molecule has 0 amide bonds. The molecule has 0 aromatic heterocycles. The molecule has 0 aromatic rings. The predicted octanol–water partition coefficient (Wildman–Crippen LogP) is 21.2. The lowest BCUT2D eigenvalue weighted by atomic mass is 10.1. The van der Waals surface area contributed by atoms with Crippen molar-refractivity contribution in [2.75, 3.05) is 13.2 Å². The zero-order valence-electron chi connectivity index (χ0n) is 49.0. The Morgan fingerprint density at radius 1 is 0.276 bits per heavy atom. The topological polar surface area (TPSA) is 78.9 Å². The molecule has 1 unspecified atom stereocenters. The second-order valence-corrected chi connectivity index (χ2v) is 19.9. The predicted molar refractivity (Wildman–Crippen MR) is 329 cm³/mol. The summed E-state index contributed by atoms with van der Waals surface area (Å²) in [6.45, 7) is 6.41. The Balaban J connectivity index is 4.39. The summed E-state index contributed by atoms with van der Waals surface area (Å²) in [7, 11) is 0. The van der Waals surface area contributed by atoms with E-state index in [2.05, 4.69) is 167 Å². The first-order chi connectivity index (χ1) is 37.5. The lowest BCUT2D eigenvalue weighted by Crippen LogP contribution is -2.30. The first-order valence-electron chi connectivity index (χ1n) is 30.8. The second-order valence-electron chi connectivity index (χ2n) is 19.9. The molecule has 0 heterocycles. The van der Waals surface area contributed by atoms with Crippen LogP contribution in [0.25, 0.3) is 0 Å². The Labute approximate surface area is 467 Å². The lowest BCUT2D eigenvalue weighted by Gasteiger charge is -2.18. The monoisotopic (exact) mass is 1050 g/mol. The normalized spacial score (nSPS) is 13.1.